The highest BCUT2D eigenvalue weighted by molar-refractivity contribution is 5.43. The second-order valence-corrected chi connectivity index (χ2v) is 4.78. The van der Waals surface area contributed by atoms with Gasteiger partial charge in [0.1, 0.15) is 12.4 Å². The Balaban J connectivity index is 2.18. The van der Waals surface area contributed by atoms with Gasteiger partial charge in [0.25, 0.3) is 0 Å². The van der Waals surface area contributed by atoms with Crippen molar-refractivity contribution in [3.8, 4) is 5.75 Å². The molecule has 0 aliphatic carbocycles. The molecule has 1 rings (SSSR count). The number of aryl methyl sites for hydroxylation is 2. The lowest BCUT2D eigenvalue weighted by Crippen LogP contribution is -2.13. The van der Waals surface area contributed by atoms with Gasteiger partial charge in [-0.1, -0.05) is 12.1 Å². The molecule has 120 valence electrons. The maximum absolute atomic E-state index is 9.15. The van der Waals surface area contributed by atoms with Gasteiger partial charge < -0.3 is 24.1 Å². The molecule has 0 aliphatic rings. The van der Waals surface area contributed by atoms with Crippen molar-refractivity contribution in [3.05, 3.63) is 28.8 Å². The van der Waals surface area contributed by atoms with E-state index in [1.807, 2.05) is 26.0 Å². The summed E-state index contributed by atoms with van der Waals surface area (Å²) in [6.45, 7) is 7.33. The monoisotopic (exact) mass is 298 g/mol. The normalized spacial score (nSPS) is 10.9. The summed E-state index contributed by atoms with van der Waals surface area (Å²) in [4.78, 5) is 0. The van der Waals surface area contributed by atoms with Gasteiger partial charge in [-0.05, 0) is 30.5 Å². The summed E-state index contributed by atoms with van der Waals surface area (Å²) in [5.41, 5.74) is 2.96. The highest BCUT2D eigenvalue weighted by Crippen LogP contribution is 2.24. The summed E-state index contributed by atoms with van der Waals surface area (Å²) in [6.07, 6.45) is 0. The van der Waals surface area contributed by atoms with E-state index in [1.54, 1.807) is 7.11 Å². The number of aliphatic hydroxyl groups is 1. The maximum Gasteiger partial charge on any atom is 0.125 e. The van der Waals surface area contributed by atoms with E-state index in [1.165, 1.54) is 0 Å². The molecule has 0 unspecified atom stereocenters. The van der Waals surface area contributed by atoms with E-state index in [4.69, 9.17) is 24.1 Å². The summed E-state index contributed by atoms with van der Waals surface area (Å²) in [5.74, 6) is 0.868. The molecular weight excluding hydrogens is 272 g/mol. The lowest BCUT2D eigenvalue weighted by atomic mass is 10.1. The number of hydrogen-bond donors (Lipinski definition) is 1. The van der Waals surface area contributed by atoms with Gasteiger partial charge in [-0.2, -0.15) is 0 Å². The van der Waals surface area contributed by atoms with Gasteiger partial charge in [-0.15, -0.1) is 0 Å². The lowest BCUT2D eigenvalue weighted by molar-refractivity contribution is 0.0179. The molecule has 0 aromatic heterocycles. The van der Waals surface area contributed by atoms with E-state index in [0.29, 0.717) is 39.6 Å². The Kier molecular flexibility index (Phi) is 9.01. The number of benzene rings is 1. The predicted molar refractivity (Wildman–Crippen MR) is 80.8 cm³/mol. The molecular formula is C16H26O5. The number of rotatable bonds is 11. The summed E-state index contributed by atoms with van der Waals surface area (Å²) in [6, 6.07) is 3.87. The smallest absolute Gasteiger partial charge is 0.125 e. The van der Waals surface area contributed by atoms with Crippen LogP contribution in [0.25, 0.3) is 0 Å². The van der Waals surface area contributed by atoms with E-state index >= 15 is 0 Å². The molecule has 0 spiro atoms. The standard InChI is InChI=1S/C16H26O5/c1-13-10-15(12-17)11-14(2)16(13)21-9-8-20-7-6-19-5-4-18-3/h10-11,17H,4-9,12H2,1-3H3. The molecule has 0 atom stereocenters. The van der Waals surface area contributed by atoms with Gasteiger partial charge in [0, 0.05) is 7.11 Å². The van der Waals surface area contributed by atoms with Crippen LogP contribution in [0.2, 0.25) is 0 Å². The van der Waals surface area contributed by atoms with Crippen molar-refractivity contribution < 1.29 is 24.1 Å². The maximum atomic E-state index is 9.15. The van der Waals surface area contributed by atoms with Crippen molar-refractivity contribution in [2.24, 2.45) is 0 Å². The Morgan fingerprint density at radius 3 is 1.90 bits per heavy atom. The fourth-order valence-corrected chi connectivity index (χ4v) is 2.03. The second kappa shape index (κ2) is 10.6. The lowest BCUT2D eigenvalue weighted by Gasteiger charge is -2.13. The van der Waals surface area contributed by atoms with Crippen LogP contribution in [0, 0.1) is 13.8 Å². The zero-order valence-corrected chi connectivity index (χ0v) is 13.2. The van der Waals surface area contributed by atoms with E-state index in [9.17, 15) is 0 Å². The van der Waals surface area contributed by atoms with Crippen LogP contribution >= 0.6 is 0 Å². The first-order valence-electron chi connectivity index (χ1n) is 7.17. The Bertz CT molecular complexity index is 383. The minimum absolute atomic E-state index is 0.0497. The van der Waals surface area contributed by atoms with Crippen molar-refractivity contribution in [2.45, 2.75) is 20.5 Å². The third-order valence-electron chi connectivity index (χ3n) is 2.98. The van der Waals surface area contributed by atoms with Crippen molar-refractivity contribution in [1.82, 2.24) is 0 Å². The summed E-state index contributed by atoms with van der Waals surface area (Å²) >= 11 is 0. The fourth-order valence-electron chi connectivity index (χ4n) is 2.03. The minimum Gasteiger partial charge on any atom is -0.491 e. The first kappa shape index (κ1) is 17.9. The molecule has 0 fully saturated rings. The largest absolute Gasteiger partial charge is 0.491 e. The summed E-state index contributed by atoms with van der Waals surface area (Å²) in [5, 5.41) is 9.15. The van der Waals surface area contributed by atoms with Crippen LogP contribution in [0.4, 0.5) is 0 Å². The molecule has 1 aromatic carbocycles. The van der Waals surface area contributed by atoms with Gasteiger partial charge in [0.05, 0.1) is 39.6 Å². The van der Waals surface area contributed by atoms with Crippen molar-refractivity contribution in [3.63, 3.8) is 0 Å². The number of ether oxygens (including phenoxy) is 4. The van der Waals surface area contributed by atoms with Gasteiger partial charge in [0.15, 0.2) is 0 Å². The van der Waals surface area contributed by atoms with Crippen LogP contribution in [0.3, 0.4) is 0 Å². The molecule has 0 amide bonds. The first-order valence-corrected chi connectivity index (χ1v) is 7.17. The molecule has 0 radical (unpaired) electrons. The Morgan fingerprint density at radius 1 is 0.857 bits per heavy atom. The van der Waals surface area contributed by atoms with Crippen LogP contribution in [0.1, 0.15) is 16.7 Å². The van der Waals surface area contributed by atoms with E-state index in [2.05, 4.69) is 0 Å². The molecule has 1 aromatic rings. The van der Waals surface area contributed by atoms with Crippen LogP contribution < -0.4 is 4.74 Å². The van der Waals surface area contributed by atoms with Crippen molar-refractivity contribution in [1.29, 1.82) is 0 Å². The molecule has 0 saturated heterocycles. The Hall–Kier alpha value is -1.14. The second-order valence-electron chi connectivity index (χ2n) is 4.78. The van der Waals surface area contributed by atoms with E-state index < -0.39 is 0 Å². The number of methoxy groups -OCH3 is 1. The van der Waals surface area contributed by atoms with Crippen LogP contribution in [0.15, 0.2) is 12.1 Å². The quantitative estimate of drug-likeness (QED) is 0.632. The Morgan fingerprint density at radius 2 is 1.38 bits per heavy atom. The molecule has 1 N–H and O–H groups in total. The Labute approximate surface area is 126 Å². The zero-order valence-electron chi connectivity index (χ0n) is 13.2. The topological polar surface area (TPSA) is 57.2 Å². The zero-order chi connectivity index (χ0) is 15.5. The highest BCUT2D eigenvalue weighted by Gasteiger charge is 2.06. The van der Waals surface area contributed by atoms with Gasteiger partial charge >= 0.3 is 0 Å². The summed E-state index contributed by atoms with van der Waals surface area (Å²) in [7, 11) is 1.65. The van der Waals surface area contributed by atoms with Crippen LogP contribution in [-0.2, 0) is 20.8 Å². The number of aliphatic hydroxyl groups excluding tert-OH is 1. The summed E-state index contributed by atoms with van der Waals surface area (Å²) < 4.78 is 21.3. The molecule has 0 aliphatic heterocycles. The van der Waals surface area contributed by atoms with Gasteiger partial charge in [0.2, 0.25) is 0 Å². The van der Waals surface area contributed by atoms with Gasteiger partial charge in [-0.3, -0.25) is 0 Å². The minimum atomic E-state index is 0.0497. The van der Waals surface area contributed by atoms with Crippen molar-refractivity contribution >= 4 is 0 Å². The van der Waals surface area contributed by atoms with E-state index in [-0.39, 0.29) is 6.61 Å². The molecule has 21 heavy (non-hydrogen) atoms. The molecule has 5 nitrogen and oxygen atoms in total. The van der Waals surface area contributed by atoms with Crippen LogP contribution in [0.5, 0.6) is 5.75 Å². The first-order chi connectivity index (χ1) is 10.2. The third-order valence-corrected chi connectivity index (χ3v) is 2.98. The molecule has 5 heteroatoms. The fraction of sp³-hybridized carbons (Fsp3) is 0.625. The van der Waals surface area contributed by atoms with E-state index in [0.717, 1.165) is 22.4 Å². The predicted octanol–water partition coefficient (Wildman–Crippen LogP) is 1.85. The number of hydrogen-bond acceptors (Lipinski definition) is 5. The molecule has 0 bridgehead atoms. The van der Waals surface area contributed by atoms with Crippen molar-refractivity contribution in [2.75, 3.05) is 46.8 Å². The average Bonchev–Trinajstić information content (AvgIpc) is 2.47. The molecule has 0 heterocycles. The average molecular weight is 298 g/mol. The van der Waals surface area contributed by atoms with Gasteiger partial charge in [-0.25, -0.2) is 0 Å². The van der Waals surface area contributed by atoms with Crippen LogP contribution in [-0.4, -0.2) is 51.9 Å². The third kappa shape index (κ3) is 6.91. The molecule has 0 saturated carbocycles. The SMILES string of the molecule is COCCOCCOCCOc1c(C)cc(CO)cc1C. The highest BCUT2D eigenvalue weighted by atomic mass is 16.6.